The molecule has 0 fully saturated rings. The van der Waals surface area contributed by atoms with Gasteiger partial charge in [-0.2, -0.15) is 0 Å². The second kappa shape index (κ2) is 71.1. The molecule has 0 saturated heterocycles. The number of phosphoric ester groups is 2. The number of rotatable bonds is 78. The SMILES string of the molecule is CCCCCCCCCCCCCCCCCCCCC(=O)O[C@H](COC(=O)CCCCCCCCCCCCCCC(C)C)COP(=O)(O)OC[C@@H](O)COP(=O)(O)OC[C@@H](COC(=O)CCCCCCCCCCC)OC(=O)CCCCCCCCCCCCCCCCC. The van der Waals surface area contributed by atoms with Crippen molar-refractivity contribution < 1.29 is 80.2 Å². The normalized spacial score (nSPS) is 13.9. The fourth-order valence-corrected chi connectivity index (χ4v) is 13.6. The first-order valence-electron chi connectivity index (χ1n) is 40.6. The van der Waals surface area contributed by atoms with E-state index in [-0.39, 0.29) is 25.7 Å². The van der Waals surface area contributed by atoms with E-state index in [0.29, 0.717) is 25.7 Å². The molecule has 0 spiro atoms. The molecule has 0 aromatic carbocycles. The molecule has 5 atom stereocenters. The summed E-state index contributed by atoms with van der Waals surface area (Å²) in [6.07, 6.45) is 61.0. The number of hydrogen-bond donors (Lipinski definition) is 3. The molecule has 17 nitrogen and oxygen atoms in total. The molecule has 0 rings (SSSR count). The summed E-state index contributed by atoms with van der Waals surface area (Å²) in [5.41, 5.74) is 0. The average Bonchev–Trinajstić information content (AvgIpc) is 2.32. The Morgan fingerprint density at radius 2 is 0.474 bits per heavy atom. The fourth-order valence-electron chi connectivity index (χ4n) is 12.1. The van der Waals surface area contributed by atoms with E-state index in [1.54, 1.807) is 0 Å². The topological polar surface area (TPSA) is 237 Å². The van der Waals surface area contributed by atoms with E-state index in [9.17, 15) is 43.2 Å². The zero-order chi connectivity index (χ0) is 71.2. The lowest BCUT2D eigenvalue weighted by Crippen LogP contribution is -2.30. The minimum atomic E-state index is -4.96. The van der Waals surface area contributed by atoms with Crippen LogP contribution in [-0.2, 0) is 65.4 Å². The lowest BCUT2D eigenvalue weighted by atomic mass is 10.0. The van der Waals surface area contributed by atoms with Crippen molar-refractivity contribution in [2.45, 2.75) is 432 Å². The summed E-state index contributed by atoms with van der Waals surface area (Å²) >= 11 is 0. The smallest absolute Gasteiger partial charge is 0.462 e. The van der Waals surface area contributed by atoms with Gasteiger partial charge in [0.15, 0.2) is 12.2 Å². The minimum absolute atomic E-state index is 0.108. The van der Waals surface area contributed by atoms with Gasteiger partial charge < -0.3 is 33.8 Å². The number of phosphoric acid groups is 2. The van der Waals surface area contributed by atoms with Crippen LogP contribution in [0.4, 0.5) is 0 Å². The highest BCUT2D eigenvalue weighted by Gasteiger charge is 2.30. The van der Waals surface area contributed by atoms with Gasteiger partial charge in [-0.15, -0.1) is 0 Å². The van der Waals surface area contributed by atoms with Crippen LogP contribution < -0.4 is 0 Å². The maximum Gasteiger partial charge on any atom is 0.472 e. The molecular weight excluding hydrogens is 1270 g/mol. The Kier molecular flexibility index (Phi) is 69.6. The van der Waals surface area contributed by atoms with Gasteiger partial charge in [0.2, 0.25) is 0 Å². The highest BCUT2D eigenvalue weighted by molar-refractivity contribution is 7.47. The third kappa shape index (κ3) is 72.2. The van der Waals surface area contributed by atoms with Crippen LogP contribution in [0.5, 0.6) is 0 Å². The highest BCUT2D eigenvalue weighted by Crippen LogP contribution is 2.45. The Morgan fingerprint density at radius 1 is 0.278 bits per heavy atom. The molecule has 0 saturated carbocycles. The van der Waals surface area contributed by atoms with Crippen LogP contribution in [0.1, 0.15) is 413 Å². The van der Waals surface area contributed by atoms with Crippen LogP contribution in [-0.4, -0.2) is 96.7 Å². The summed E-state index contributed by atoms with van der Waals surface area (Å²) < 4.78 is 68.6. The van der Waals surface area contributed by atoms with Crippen LogP contribution in [0.2, 0.25) is 0 Å². The number of aliphatic hydroxyl groups is 1. The Labute approximate surface area is 594 Å². The Hall–Kier alpha value is -1.94. The van der Waals surface area contributed by atoms with E-state index < -0.39 is 97.5 Å². The predicted molar refractivity (Wildman–Crippen MR) is 395 cm³/mol. The van der Waals surface area contributed by atoms with Crippen LogP contribution in [0.15, 0.2) is 0 Å². The lowest BCUT2D eigenvalue weighted by Gasteiger charge is -2.21. The Morgan fingerprint density at radius 3 is 0.701 bits per heavy atom. The van der Waals surface area contributed by atoms with Gasteiger partial charge in [-0.05, 0) is 31.6 Å². The second-order valence-electron chi connectivity index (χ2n) is 28.6. The molecule has 0 aliphatic heterocycles. The third-order valence-corrected chi connectivity index (χ3v) is 20.2. The number of carbonyl (C=O) groups is 4. The Bertz CT molecular complexity index is 1860. The molecule has 97 heavy (non-hydrogen) atoms. The van der Waals surface area contributed by atoms with Crippen molar-refractivity contribution in [3.8, 4) is 0 Å². The highest BCUT2D eigenvalue weighted by atomic mass is 31.2. The molecule has 0 aromatic heterocycles. The summed E-state index contributed by atoms with van der Waals surface area (Å²) in [4.78, 5) is 72.9. The molecule has 0 aromatic rings. The summed E-state index contributed by atoms with van der Waals surface area (Å²) in [7, 11) is -9.91. The number of unbranched alkanes of at least 4 members (excludes halogenated alkanes) is 50. The molecule has 576 valence electrons. The van der Waals surface area contributed by atoms with Gasteiger partial charge >= 0.3 is 39.5 Å². The van der Waals surface area contributed by atoms with Crippen molar-refractivity contribution in [3.63, 3.8) is 0 Å². The molecule has 3 N–H and O–H groups in total. The van der Waals surface area contributed by atoms with Crippen LogP contribution in [0, 0.1) is 5.92 Å². The molecule has 0 heterocycles. The number of hydrogen-bond acceptors (Lipinski definition) is 15. The molecular formula is C78H152O17P2. The molecule has 0 aliphatic rings. The van der Waals surface area contributed by atoms with Crippen molar-refractivity contribution >= 4 is 39.5 Å². The Balaban J connectivity index is 5.22. The van der Waals surface area contributed by atoms with Crippen molar-refractivity contribution in [1.82, 2.24) is 0 Å². The first-order valence-corrected chi connectivity index (χ1v) is 43.6. The standard InChI is InChI=1S/C78H152O17P2/c1-6-9-12-15-18-21-23-25-27-28-29-31-33-39-44-49-54-59-64-78(83)95-74(68-89-76(81)62-57-52-47-42-37-35-34-36-41-45-50-55-60-71(4)5)70-93-97(86,87)91-66-72(79)65-90-96(84,85)92-69-73(67-88-75(80)61-56-51-46-40-20-17-14-11-8-3)94-77(82)63-58-53-48-43-38-32-30-26-24-22-19-16-13-10-7-2/h71-74,79H,6-70H2,1-5H3,(H,84,85)(H,86,87)/t72-,73+,74+/m0/s1. The van der Waals surface area contributed by atoms with Gasteiger partial charge in [-0.25, -0.2) is 9.13 Å². The van der Waals surface area contributed by atoms with Gasteiger partial charge in [0.05, 0.1) is 26.4 Å². The van der Waals surface area contributed by atoms with Crippen molar-refractivity contribution in [2.24, 2.45) is 5.92 Å². The van der Waals surface area contributed by atoms with E-state index in [1.807, 2.05) is 0 Å². The molecule has 0 aliphatic carbocycles. The summed E-state index contributed by atoms with van der Waals surface area (Å²) in [6, 6.07) is 0. The molecule has 19 heteroatoms. The van der Waals surface area contributed by atoms with E-state index in [4.69, 9.17) is 37.0 Å². The molecule has 0 radical (unpaired) electrons. The summed E-state index contributed by atoms with van der Waals surface area (Å²) in [6.45, 7) is 7.31. The van der Waals surface area contributed by atoms with Crippen molar-refractivity contribution in [2.75, 3.05) is 39.6 Å². The number of ether oxygens (including phenoxy) is 4. The van der Waals surface area contributed by atoms with Crippen LogP contribution >= 0.6 is 15.6 Å². The second-order valence-corrected chi connectivity index (χ2v) is 31.5. The quantitative estimate of drug-likeness (QED) is 0.0222. The number of aliphatic hydroxyl groups excluding tert-OH is 1. The van der Waals surface area contributed by atoms with Gasteiger partial charge in [-0.3, -0.25) is 37.3 Å². The van der Waals surface area contributed by atoms with Crippen LogP contribution in [0.3, 0.4) is 0 Å². The maximum absolute atomic E-state index is 13.1. The van der Waals surface area contributed by atoms with E-state index in [0.717, 1.165) is 95.8 Å². The fraction of sp³-hybridized carbons (Fsp3) is 0.949. The number of carbonyl (C=O) groups excluding carboxylic acids is 4. The van der Waals surface area contributed by atoms with Gasteiger partial charge in [0.25, 0.3) is 0 Å². The van der Waals surface area contributed by atoms with Gasteiger partial charge in [0, 0.05) is 25.7 Å². The van der Waals surface area contributed by atoms with E-state index in [1.165, 1.54) is 238 Å². The summed E-state index contributed by atoms with van der Waals surface area (Å²) in [5.74, 6) is -1.33. The minimum Gasteiger partial charge on any atom is -0.462 e. The van der Waals surface area contributed by atoms with Crippen molar-refractivity contribution in [1.29, 1.82) is 0 Å². The van der Waals surface area contributed by atoms with E-state index in [2.05, 4.69) is 34.6 Å². The largest absolute Gasteiger partial charge is 0.472 e. The number of esters is 4. The zero-order valence-electron chi connectivity index (χ0n) is 63.2. The maximum atomic E-state index is 13.1. The summed E-state index contributed by atoms with van der Waals surface area (Å²) in [5, 5.41) is 10.6. The van der Waals surface area contributed by atoms with Gasteiger partial charge in [-0.1, -0.05) is 362 Å². The van der Waals surface area contributed by atoms with Crippen LogP contribution in [0.25, 0.3) is 0 Å². The molecule has 0 bridgehead atoms. The average molecular weight is 1420 g/mol. The first kappa shape index (κ1) is 95.1. The molecule has 2 unspecified atom stereocenters. The van der Waals surface area contributed by atoms with Crippen molar-refractivity contribution in [3.05, 3.63) is 0 Å². The zero-order valence-corrected chi connectivity index (χ0v) is 65.0. The monoisotopic (exact) mass is 1420 g/mol. The van der Waals surface area contributed by atoms with E-state index >= 15 is 0 Å². The third-order valence-electron chi connectivity index (χ3n) is 18.3. The van der Waals surface area contributed by atoms with Gasteiger partial charge in [0.1, 0.15) is 19.3 Å². The first-order chi connectivity index (χ1) is 47.0. The molecule has 0 amide bonds. The lowest BCUT2D eigenvalue weighted by molar-refractivity contribution is -0.161. The predicted octanol–water partition coefficient (Wildman–Crippen LogP) is 23.3.